The van der Waals surface area contributed by atoms with E-state index in [9.17, 15) is 18.0 Å². The van der Waals surface area contributed by atoms with Crippen LogP contribution in [0.3, 0.4) is 0 Å². The first kappa shape index (κ1) is 23.0. The lowest BCUT2D eigenvalue weighted by molar-refractivity contribution is -0.137. The van der Waals surface area contributed by atoms with Gasteiger partial charge in [-0.15, -0.1) is 5.10 Å². The van der Waals surface area contributed by atoms with Crippen LogP contribution in [-0.2, 0) is 6.18 Å². The highest BCUT2D eigenvalue weighted by molar-refractivity contribution is 6.04. The summed E-state index contributed by atoms with van der Waals surface area (Å²) in [5.74, 6) is -0.0609. The van der Waals surface area contributed by atoms with Gasteiger partial charge in [-0.3, -0.25) is 4.79 Å². The standard InChI is InChI=1S/C25H21F3N4O2/c1-16(2)34-24-30-22(18-9-6-10-19(15-18)25(26,27)28)32(31-24)21-13-11-20(12-14-21)29-23(33)17-7-4-3-5-8-17/h3-16H,1-2H3,(H,29,33). The van der Waals surface area contributed by atoms with Crippen molar-refractivity contribution in [2.75, 3.05) is 5.32 Å². The largest absolute Gasteiger partial charge is 0.460 e. The van der Waals surface area contributed by atoms with Crippen molar-refractivity contribution in [2.45, 2.75) is 26.1 Å². The van der Waals surface area contributed by atoms with Gasteiger partial charge in [0.05, 0.1) is 17.4 Å². The van der Waals surface area contributed by atoms with Crippen LogP contribution in [0.4, 0.5) is 18.9 Å². The first-order chi connectivity index (χ1) is 16.2. The Balaban J connectivity index is 1.67. The molecule has 1 N–H and O–H groups in total. The van der Waals surface area contributed by atoms with E-state index < -0.39 is 11.7 Å². The summed E-state index contributed by atoms with van der Waals surface area (Å²) in [7, 11) is 0. The van der Waals surface area contributed by atoms with Gasteiger partial charge in [0.15, 0.2) is 5.82 Å². The minimum Gasteiger partial charge on any atom is -0.460 e. The minimum atomic E-state index is -4.49. The Hall–Kier alpha value is -4.14. The fourth-order valence-corrected chi connectivity index (χ4v) is 3.23. The zero-order valence-electron chi connectivity index (χ0n) is 18.4. The molecule has 0 radical (unpaired) electrons. The normalized spacial score (nSPS) is 11.5. The Morgan fingerprint density at radius 1 is 0.971 bits per heavy atom. The number of anilines is 1. The maximum absolute atomic E-state index is 13.3. The van der Waals surface area contributed by atoms with Gasteiger partial charge in [0.1, 0.15) is 0 Å². The zero-order valence-corrected chi connectivity index (χ0v) is 18.4. The lowest BCUT2D eigenvalue weighted by Crippen LogP contribution is -2.11. The van der Waals surface area contributed by atoms with Crippen molar-refractivity contribution in [3.05, 3.63) is 90.0 Å². The fraction of sp³-hybridized carbons (Fsp3) is 0.160. The molecule has 0 aliphatic heterocycles. The van der Waals surface area contributed by atoms with E-state index in [1.165, 1.54) is 16.8 Å². The molecule has 1 amide bonds. The third-order valence-corrected chi connectivity index (χ3v) is 4.78. The van der Waals surface area contributed by atoms with Crippen molar-refractivity contribution >= 4 is 11.6 Å². The van der Waals surface area contributed by atoms with Crippen LogP contribution in [0.5, 0.6) is 6.01 Å². The fourth-order valence-electron chi connectivity index (χ4n) is 3.23. The molecular weight excluding hydrogens is 445 g/mol. The highest BCUT2D eigenvalue weighted by atomic mass is 19.4. The van der Waals surface area contributed by atoms with Gasteiger partial charge in [-0.1, -0.05) is 30.3 Å². The van der Waals surface area contributed by atoms with E-state index in [0.29, 0.717) is 16.9 Å². The quantitative estimate of drug-likeness (QED) is 0.379. The Labute approximate surface area is 194 Å². The number of benzene rings is 3. The first-order valence-corrected chi connectivity index (χ1v) is 10.5. The van der Waals surface area contributed by atoms with E-state index in [2.05, 4.69) is 15.4 Å². The molecule has 34 heavy (non-hydrogen) atoms. The Bertz CT molecular complexity index is 1280. The lowest BCUT2D eigenvalue weighted by atomic mass is 10.1. The number of carbonyl (C=O) groups excluding carboxylic acids is 1. The summed E-state index contributed by atoms with van der Waals surface area (Å²) >= 11 is 0. The predicted molar refractivity (Wildman–Crippen MR) is 122 cm³/mol. The predicted octanol–water partition coefficient (Wildman–Crippen LogP) is 5.99. The van der Waals surface area contributed by atoms with E-state index in [1.807, 2.05) is 6.07 Å². The molecule has 0 atom stereocenters. The number of halogens is 3. The average Bonchev–Trinajstić information content (AvgIpc) is 3.23. The summed E-state index contributed by atoms with van der Waals surface area (Å²) in [4.78, 5) is 16.7. The summed E-state index contributed by atoms with van der Waals surface area (Å²) in [5, 5.41) is 7.15. The molecule has 0 spiro atoms. The molecule has 0 unspecified atom stereocenters. The van der Waals surface area contributed by atoms with Crippen LogP contribution in [0.2, 0.25) is 0 Å². The molecule has 0 fully saturated rings. The monoisotopic (exact) mass is 466 g/mol. The number of nitrogens with one attached hydrogen (secondary N) is 1. The number of ether oxygens (including phenoxy) is 1. The van der Waals surface area contributed by atoms with Crippen molar-refractivity contribution in [1.29, 1.82) is 0 Å². The molecule has 0 aliphatic rings. The topological polar surface area (TPSA) is 69.0 Å². The van der Waals surface area contributed by atoms with Gasteiger partial charge >= 0.3 is 12.2 Å². The molecule has 0 bridgehead atoms. The van der Waals surface area contributed by atoms with Crippen LogP contribution < -0.4 is 10.1 Å². The second kappa shape index (κ2) is 9.38. The highest BCUT2D eigenvalue weighted by Crippen LogP contribution is 2.33. The summed E-state index contributed by atoms with van der Waals surface area (Å²) < 4.78 is 46.8. The van der Waals surface area contributed by atoms with Crippen LogP contribution in [0, 0.1) is 0 Å². The van der Waals surface area contributed by atoms with Crippen molar-refractivity contribution in [3.8, 4) is 23.1 Å². The second-order valence-electron chi connectivity index (χ2n) is 7.74. The van der Waals surface area contributed by atoms with Crippen LogP contribution >= 0.6 is 0 Å². The molecule has 0 saturated heterocycles. The van der Waals surface area contributed by atoms with Crippen LogP contribution in [0.15, 0.2) is 78.9 Å². The van der Waals surface area contributed by atoms with Gasteiger partial charge in [0.2, 0.25) is 0 Å². The maximum Gasteiger partial charge on any atom is 0.416 e. The number of nitrogens with zero attached hydrogens (tertiary/aromatic N) is 3. The van der Waals surface area contributed by atoms with Gasteiger partial charge in [0.25, 0.3) is 5.91 Å². The van der Waals surface area contributed by atoms with Crippen molar-refractivity contribution < 1.29 is 22.7 Å². The van der Waals surface area contributed by atoms with Crippen LogP contribution in [0.1, 0.15) is 29.8 Å². The lowest BCUT2D eigenvalue weighted by Gasteiger charge is -2.10. The van der Waals surface area contributed by atoms with Gasteiger partial charge in [0, 0.05) is 16.8 Å². The van der Waals surface area contributed by atoms with E-state index in [-0.39, 0.29) is 29.4 Å². The molecule has 0 saturated carbocycles. The van der Waals surface area contributed by atoms with Crippen molar-refractivity contribution in [2.24, 2.45) is 0 Å². The zero-order chi connectivity index (χ0) is 24.3. The summed E-state index contributed by atoms with van der Waals surface area (Å²) in [6.45, 7) is 3.60. The second-order valence-corrected chi connectivity index (χ2v) is 7.74. The van der Waals surface area contributed by atoms with Gasteiger partial charge in [-0.05, 0) is 62.4 Å². The minimum absolute atomic E-state index is 0.0452. The molecular formula is C25H21F3N4O2. The molecule has 0 aliphatic carbocycles. The molecule has 4 aromatic rings. The number of rotatable bonds is 6. The maximum atomic E-state index is 13.3. The van der Waals surface area contributed by atoms with E-state index >= 15 is 0 Å². The van der Waals surface area contributed by atoms with Crippen LogP contribution in [-0.4, -0.2) is 26.8 Å². The third-order valence-electron chi connectivity index (χ3n) is 4.78. The summed E-state index contributed by atoms with van der Waals surface area (Å²) in [6, 6.07) is 20.4. The number of hydrogen-bond donors (Lipinski definition) is 1. The highest BCUT2D eigenvalue weighted by Gasteiger charge is 2.31. The Morgan fingerprint density at radius 2 is 1.68 bits per heavy atom. The van der Waals surface area contributed by atoms with Crippen LogP contribution in [0.25, 0.3) is 17.1 Å². The number of amides is 1. The van der Waals surface area contributed by atoms with Gasteiger partial charge < -0.3 is 10.1 Å². The summed E-state index contributed by atoms with van der Waals surface area (Å²) in [6.07, 6.45) is -4.71. The molecule has 4 rings (SSSR count). The number of alkyl halides is 3. The van der Waals surface area contributed by atoms with E-state index in [1.54, 1.807) is 62.4 Å². The van der Waals surface area contributed by atoms with E-state index in [0.717, 1.165) is 12.1 Å². The molecule has 3 aromatic carbocycles. The Kier molecular flexibility index (Phi) is 6.36. The number of aromatic nitrogens is 3. The van der Waals surface area contributed by atoms with Gasteiger partial charge in [-0.2, -0.15) is 18.2 Å². The van der Waals surface area contributed by atoms with Crippen molar-refractivity contribution in [3.63, 3.8) is 0 Å². The molecule has 6 nitrogen and oxygen atoms in total. The molecule has 1 aromatic heterocycles. The SMILES string of the molecule is CC(C)Oc1nc(-c2cccc(C(F)(F)F)c2)n(-c2ccc(NC(=O)c3ccccc3)cc2)n1. The molecule has 1 heterocycles. The van der Waals surface area contributed by atoms with Crippen molar-refractivity contribution in [1.82, 2.24) is 14.8 Å². The van der Waals surface area contributed by atoms with Gasteiger partial charge in [-0.25, -0.2) is 4.68 Å². The van der Waals surface area contributed by atoms with E-state index in [4.69, 9.17) is 4.74 Å². The number of carbonyl (C=O) groups is 1. The Morgan fingerprint density at radius 3 is 2.32 bits per heavy atom. The average molecular weight is 466 g/mol. The molecule has 9 heteroatoms. The summed E-state index contributed by atoms with van der Waals surface area (Å²) in [5.41, 5.74) is 1.06. The third kappa shape index (κ3) is 5.25. The molecule has 174 valence electrons. The smallest absolute Gasteiger partial charge is 0.416 e. The first-order valence-electron chi connectivity index (χ1n) is 10.5. The number of hydrogen-bond acceptors (Lipinski definition) is 4.